The topological polar surface area (TPSA) is 49.8 Å². The Morgan fingerprint density at radius 3 is 2.18 bits per heavy atom. The molecule has 22 heavy (non-hydrogen) atoms. The van der Waals surface area contributed by atoms with E-state index in [0.717, 1.165) is 12.1 Å². The summed E-state index contributed by atoms with van der Waals surface area (Å²) >= 11 is 0. The summed E-state index contributed by atoms with van der Waals surface area (Å²) in [7, 11) is 0. The molecule has 0 fully saturated rings. The fraction of sp³-hybridized carbons (Fsp3) is 0.235. The van der Waals surface area contributed by atoms with Crippen molar-refractivity contribution >= 4 is 11.3 Å². The molecule has 2 nitrogen and oxygen atoms in total. The third-order valence-corrected chi connectivity index (χ3v) is 3.20. The molecule has 0 spiro atoms. The molecule has 0 bridgehead atoms. The van der Waals surface area contributed by atoms with E-state index in [0.29, 0.717) is 16.7 Å². The Balaban J connectivity index is 3.69. The summed E-state index contributed by atoms with van der Waals surface area (Å²) in [6.07, 6.45) is -2.81. The number of rotatable bonds is 3. The zero-order valence-electron chi connectivity index (χ0n) is 12.7. The van der Waals surface area contributed by atoms with Crippen LogP contribution in [0.3, 0.4) is 0 Å². The summed E-state index contributed by atoms with van der Waals surface area (Å²) in [5.74, 6) is 0. The first-order chi connectivity index (χ1) is 10.1. The zero-order valence-corrected chi connectivity index (χ0v) is 12.7. The molecule has 0 aliphatic carbocycles. The van der Waals surface area contributed by atoms with Crippen molar-refractivity contribution in [2.24, 2.45) is 5.73 Å². The van der Waals surface area contributed by atoms with Crippen LogP contribution in [0.2, 0.25) is 0 Å². The average Bonchev–Trinajstić information content (AvgIpc) is 2.44. The molecule has 0 saturated carbocycles. The number of alkyl halides is 3. The molecule has 116 valence electrons. The molecule has 0 aliphatic rings. The van der Waals surface area contributed by atoms with Gasteiger partial charge in [-0.2, -0.15) is 18.4 Å². The second-order valence-electron chi connectivity index (χ2n) is 4.93. The van der Waals surface area contributed by atoms with Gasteiger partial charge in [-0.3, -0.25) is 0 Å². The highest BCUT2D eigenvalue weighted by atomic mass is 19.4. The number of allylic oxidation sites excluding steroid dienone is 4. The van der Waals surface area contributed by atoms with Crippen LogP contribution < -0.4 is 5.73 Å². The molecule has 2 N–H and O–H groups in total. The Labute approximate surface area is 128 Å². The quantitative estimate of drug-likeness (QED) is 0.638. The van der Waals surface area contributed by atoms with Crippen molar-refractivity contribution in [3.8, 4) is 6.07 Å². The van der Waals surface area contributed by atoms with Crippen LogP contribution in [-0.2, 0) is 6.18 Å². The van der Waals surface area contributed by atoms with Gasteiger partial charge in [0.05, 0.1) is 17.3 Å². The van der Waals surface area contributed by atoms with Gasteiger partial charge in [0.25, 0.3) is 0 Å². The highest BCUT2D eigenvalue weighted by molar-refractivity contribution is 5.81. The average molecular weight is 306 g/mol. The number of nitrogens with zero attached hydrogens (tertiary/aromatic N) is 1. The van der Waals surface area contributed by atoms with Gasteiger partial charge >= 0.3 is 6.18 Å². The molecule has 0 aromatic heterocycles. The Kier molecular flexibility index (Phi) is 5.21. The van der Waals surface area contributed by atoms with E-state index in [1.807, 2.05) is 6.07 Å². The van der Waals surface area contributed by atoms with Crippen LogP contribution in [0.25, 0.3) is 11.3 Å². The number of benzene rings is 1. The summed E-state index contributed by atoms with van der Waals surface area (Å²) in [5.41, 5.74) is 6.98. The first-order valence-electron chi connectivity index (χ1n) is 6.53. The van der Waals surface area contributed by atoms with Crippen LogP contribution in [0.1, 0.15) is 37.5 Å². The first-order valence-corrected chi connectivity index (χ1v) is 6.53. The van der Waals surface area contributed by atoms with Gasteiger partial charge in [0.1, 0.15) is 0 Å². The van der Waals surface area contributed by atoms with E-state index >= 15 is 0 Å². The summed E-state index contributed by atoms with van der Waals surface area (Å²) in [6, 6.07) is 5.39. The third-order valence-electron chi connectivity index (χ3n) is 3.20. The minimum Gasteiger partial charge on any atom is -0.397 e. The van der Waals surface area contributed by atoms with Gasteiger partial charge in [0.2, 0.25) is 0 Å². The van der Waals surface area contributed by atoms with Gasteiger partial charge in [0.15, 0.2) is 0 Å². The van der Waals surface area contributed by atoms with Crippen molar-refractivity contribution in [2.75, 3.05) is 0 Å². The Morgan fingerprint density at radius 2 is 1.77 bits per heavy atom. The maximum Gasteiger partial charge on any atom is 0.416 e. The maximum atomic E-state index is 13.1. The molecule has 1 aromatic rings. The SMILES string of the molecule is C=C(C)/C(=C\C)c1cc(/C(N)=C(/C)C#N)cc(C(F)(F)F)c1. The van der Waals surface area contributed by atoms with E-state index in [9.17, 15) is 13.2 Å². The van der Waals surface area contributed by atoms with Crippen LogP contribution in [0, 0.1) is 11.3 Å². The van der Waals surface area contributed by atoms with Crippen molar-refractivity contribution < 1.29 is 13.2 Å². The lowest BCUT2D eigenvalue weighted by Crippen LogP contribution is -2.09. The van der Waals surface area contributed by atoms with Gasteiger partial charge in [-0.15, -0.1) is 0 Å². The Bertz CT molecular complexity index is 702. The van der Waals surface area contributed by atoms with Crippen LogP contribution >= 0.6 is 0 Å². The minimum absolute atomic E-state index is 0.0343. The monoisotopic (exact) mass is 306 g/mol. The molecular formula is C17H17F3N2. The third kappa shape index (κ3) is 3.79. The van der Waals surface area contributed by atoms with Crippen LogP contribution in [0.5, 0.6) is 0 Å². The van der Waals surface area contributed by atoms with Crippen molar-refractivity contribution in [1.82, 2.24) is 0 Å². The first kappa shape index (κ1) is 17.6. The Morgan fingerprint density at radius 1 is 1.23 bits per heavy atom. The molecule has 1 aromatic carbocycles. The van der Waals surface area contributed by atoms with Crippen molar-refractivity contribution in [3.63, 3.8) is 0 Å². The fourth-order valence-corrected chi connectivity index (χ4v) is 2.04. The Hall–Kier alpha value is -2.48. The van der Waals surface area contributed by atoms with Crippen LogP contribution in [-0.4, -0.2) is 0 Å². The van der Waals surface area contributed by atoms with Gasteiger partial charge in [0, 0.05) is 5.57 Å². The molecule has 1 rings (SSSR count). The van der Waals surface area contributed by atoms with E-state index in [2.05, 4.69) is 6.58 Å². The summed E-state index contributed by atoms with van der Waals surface area (Å²) in [4.78, 5) is 0. The lowest BCUT2D eigenvalue weighted by Gasteiger charge is -2.15. The molecule has 0 heterocycles. The lowest BCUT2D eigenvalue weighted by molar-refractivity contribution is -0.137. The molecule has 0 unspecified atom stereocenters. The predicted molar refractivity (Wildman–Crippen MR) is 82.3 cm³/mol. The smallest absolute Gasteiger partial charge is 0.397 e. The summed E-state index contributed by atoms with van der Waals surface area (Å²) in [6.45, 7) is 8.68. The molecule has 0 radical (unpaired) electrons. The number of halogens is 3. The van der Waals surface area contributed by atoms with E-state index in [-0.39, 0.29) is 16.8 Å². The van der Waals surface area contributed by atoms with Crippen LogP contribution in [0.4, 0.5) is 13.2 Å². The molecule has 0 aliphatic heterocycles. The number of hydrogen-bond acceptors (Lipinski definition) is 2. The van der Waals surface area contributed by atoms with Gasteiger partial charge in [-0.25, -0.2) is 0 Å². The summed E-state index contributed by atoms with van der Waals surface area (Å²) in [5, 5.41) is 8.87. The largest absolute Gasteiger partial charge is 0.416 e. The molecule has 0 saturated heterocycles. The highest BCUT2D eigenvalue weighted by Crippen LogP contribution is 2.34. The van der Waals surface area contributed by atoms with E-state index < -0.39 is 11.7 Å². The highest BCUT2D eigenvalue weighted by Gasteiger charge is 2.31. The summed E-state index contributed by atoms with van der Waals surface area (Å²) < 4.78 is 39.3. The van der Waals surface area contributed by atoms with Gasteiger partial charge < -0.3 is 5.73 Å². The standard InChI is InChI=1S/C17H17F3N2/c1-5-15(10(2)3)12-6-13(16(22)11(4)9-21)8-14(7-12)17(18,19)20/h5-8H,2,22H2,1,3-4H3/b15-5+,16-11+. The molecular weight excluding hydrogens is 289 g/mol. The predicted octanol–water partition coefficient (Wildman–Crippen LogP) is 4.90. The lowest BCUT2D eigenvalue weighted by atomic mass is 9.94. The van der Waals surface area contributed by atoms with Gasteiger partial charge in [-0.1, -0.05) is 18.2 Å². The van der Waals surface area contributed by atoms with Gasteiger partial charge in [-0.05, 0) is 55.7 Å². The minimum atomic E-state index is -4.50. The molecule has 0 atom stereocenters. The fourth-order valence-electron chi connectivity index (χ4n) is 2.04. The van der Waals surface area contributed by atoms with Crippen molar-refractivity contribution in [1.29, 1.82) is 5.26 Å². The second-order valence-corrected chi connectivity index (χ2v) is 4.93. The number of nitrogens with two attached hydrogens (primary N) is 1. The van der Waals surface area contributed by atoms with E-state index in [1.54, 1.807) is 19.9 Å². The van der Waals surface area contributed by atoms with Crippen molar-refractivity contribution in [3.05, 3.63) is 58.7 Å². The number of hydrogen-bond donors (Lipinski definition) is 1. The van der Waals surface area contributed by atoms with E-state index in [1.165, 1.54) is 13.0 Å². The zero-order chi connectivity index (χ0) is 17.1. The normalized spacial score (nSPS) is 13.4. The van der Waals surface area contributed by atoms with Crippen molar-refractivity contribution in [2.45, 2.75) is 26.9 Å². The van der Waals surface area contributed by atoms with Crippen LogP contribution in [0.15, 0.2) is 42.0 Å². The maximum absolute atomic E-state index is 13.1. The second kappa shape index (κ2) is 6.52. The molecule has 5 heteroatoms. The molecule has 0 amide bonds. The number of nitriles is 1. The van der Waals surface area contributed by atoms with E-state index in [4.69, 9.17) is 11.0 Å².